The van der Waals surface area contributed by atoms with E-state index in [1.807, 2.05) is 31.2 Å². The second kappa shape index (κ2) is 7.74. The van der Waals surface area contributed by atoms with Gasteiger partial charge < -0.3 is 15.1 Å². The summed E-state index contributed by atoms with van der Waals surface area (Å²) in [6.07, 6.45) is 1.18. The normalized spacial score (nSPS) is 16.9. The van der Waals surface area contributed by atoms with E-state index >= 15 is 0 Å². The lowest BCUT2D eigenvalue weighted by molar-refractivity contribution is 0.103. The van der Waals surface area contributed by atoms with Crippen LogP contribution in [0.25, 0.3) is 10.1 Å². The topological polar surface area (TPSA) is 35.6 Å². The third kappa shape index (κ3) is 3.75. The molecule has 1 amide bonds. The van der Waals surface area contributed by atoms with Crippen molar-refractivity contribution < 1.29 is 4.79 Å². The van der Waals surface area contributed by atoms with E-state index < -0.39 is 0 Å². The van der Waals surface area contributed by atoms with Crippen LogP contribution in [0.3, 0.4) is 0 Å². The van der Waals surface area contributed by atoms with Gasteiger partial charge in [-0.1, -0.05) is 23.7 Å². The molecule has 1 aliphatic heterocycles. The number of benzene rings is 2. The van der Waals surface area contributed by atoms with Gasteiger partial charge >= 0.3 is 0 Å². The molecule has 1 atom stereocenters. The Morgan fingerprint density at radius 2 is 1.96 bits per heavy atom. The molecule has 4 nitrogen and oxygen atoms in total. The maximum Gasteiger partial charge on any atom is 0.267 e. The summed E-state index contributed by atoms with van der Waals surface area (Å²) < 4.78 is 1.04. The summed E-state index contributed by atoms with van der Waals surface area (Å²) in [5.41, 5.74) is 3.13. The Morgan fingerprint density at radius 3 is 2.64 bits per heavy atom. The molecule has 0 aliphatic carbocycles. The zero-order chi connectivity index (χ0) is 19.8. The van der Waals surface area contributed by atoms with Crippen LogP contribution in [0.2, 0.25) is 5.02 Å². The highest BCUT2D eigenvalue weighted by Gasteiger charge is 2.24. The van der Waals surface area contributed by atoms with Gasteiger partial charge in [0.25, 0.3) is 5.91 Å². The van der Waals surface area contributed by atoms with Gasteiger partial charge in [0.2, 0.25) is 0 Å². The van der Waals surface area contributed by atoms with Gasteiger partial charge in [-0.25, -0.2) is 0 Å². The highest BCUT2D eigenvalue weighted by atomic mass is 35.5. The third-order valence-corrected chi connectivity index (χ3v) is 7.03. The number of likely N-dealkylation sites (N-methyl/N-ethyl adjacent to an activating group) is 1. The molecular weight excluding hydrogens is 390 g/mol. The molecule has 1 aromatic heterocycles. The molecule has 2 heterocycles. The minimum absolute atomic E-state index is 0.162. The molecule has 0 saturated carbocycles. The number of carbonyl (C=O) groups excluding carboxylic acids is 1. The number of thiophene rings is 1. The smallest absolute Gasteiger partial charge is 0.267 e. The predicted molar refractivity (Wildman–Crippen MR) is 120 cm³/mol. The lowest BCUT2D eigenvalue weighted by Crippen LogP contribution is -2.31. The van der Waals surface area contributed by atoms with Gasteiger partial charge in [0.1, 0.15) is 4.88 Å². The van der Waals surface area contributed by atoms with Crippen LogP contribution in [-0.4, -0.2) is 44.0 Å². The lowest BCUT2D eigenvalue weighted by atomic mass is 10.2. The molecule has 1 aliphatic rings. The first-order chi connectivity index (χ1) is 13.4. The van der Waals surface area contributed by atoms with Gasteiger partial charge in [0.05, 0.1) is 5.02 Å². The van der Waals surface area contributed by atoms with E-state index in [2.05, 4.69) is 47.4 Å². The van der Waals surface area contributed by atoms with E-state index in [0.29, 0.717) is 15.9 Å². The van der Waals surface area contributed by atoms with Gasteiger partial charge in [-0.05, 0) is 63.3 Å². The summed E-state index contributed by atoms with van der Waals surface area (Å²) >= 11 is 7.90. The van der Waals surface area contributed by atoms with E-state index in [0.717, 1.165) is 34.4 Å². The average Bonchev–Trinajstić information content (AvgIpc) is 3.28. The van der Waals surface area contributed by atoms with Gasteiger partial charge in [-0.15, -0.1) is 11.3 Å². The van der Waals surface area contributed by atoms with Crippen LogP contribution in [-0.2, 0) is 0 Å². The molecule has 1 unspecified atom stereocenters. The molecule has 3 aromatic rings. The molecule has 0 radical (unpaired) electrons. The van der Waals surface area contributed by atoms with Crippen molar-refractivity contribution in [1.82, 2.24) is 4.90 Å². The maximum atomic E-state index is 12.7. The predicted octanol–water partition coefficient (Wildman–Crippen LogP) is 5.26. The molecule has 1 saturated heterocycles. The van der Waals surface area contributed by atoms with E-state index in [1.165, 1.54) is 23.4 Å². The number of anilines is 2. The van der Waals surface area contributed by atoms with Crippen molar-refractivity contribution in [2.45, 2.75) is 19.4 Å². The first kappa shape index (κ1) is 19.2. The highest BCUT2D eigenvalue weighted by Crippen LogP contribution is 2.36. The fraction of sp³-hybridized carbons (Fsp3) is 0.318. The molecule has 0 spiro atoms. The molecule has 28 heavy (non-hydrogen) atoms. The number of rotatable bonds is 4. The number of hydrogen-bond donors (Lipinski definition) is 1. The number of fused-ring (bicyclic) bond motifs is 1. The molecule has 1 fully saturated rings. The van der Waals surface area contributed by atoms with E-state index in [9.17, 15) is 4.79 Å². The largest absolute Gasteiger partial charge is 0.370 e. The molecule has 0 bridgehead atoms. The Labute approximate surface area is 174 Å². The summed E-state index contributed by atoms with van der Waals surface area (Å²) in [7, 11) is 4.26. The quantitative estimate of drug-likeness (QED) is 0.634. The number of amides is 1. The van der Waals surface area contributed by atoms with Crippen molar-refractivity contribution in [3.05, 3.63) is 57.9 Å². The molecule has 4 rings (SSSR count). The summed E-state index contributed by atoms with van der Waals surface area (Å²) in [4.78, 5) is 18.0. The van der Waals surface area contributed by atoms with Crippen LogP contribution >= 0.6 is 22.9 Å². The lowest BCUT2D eigenvalue weighted by Gasteiger charge is -2.22. The van der Waals surface area contributed by atoms with E-state index in [1.54, 1.807) is 0 Å². The van der Waals surface area contributed by atoms with Crippen molar-refractivity contribution in [2.24, 2.45) is 0 Å². The number of aryl methyl sites for hydroxylation is 1. The fourth-order valence-corrected chi connectivity index (χ4v) is 5.17. The van der Waals surface area contributed by atoms with Crippen LogP contribution in [0, 0.1) is 6.92 Å². The Hall–Kier alpha value is -2.08. The average molecular weight is 414 g/mol. The summed E-state index contributed by atoms with van der Waals surface area (Å²) in [6.45, 7) is 4.14. The monoisotopic (exact) mass is 413 g/mol. The Kier molecular flexibility index (Phi) is 5.32. The molecule has 2 aromatic carbocycles. The second-order valence-electron chi connectivity index (χ2n) is 7.60. The molecule has 146 valence electrons. The van der Waals surface area contributed by atoms with E-state index in [-0.39, 0.29) is 5.91 Å². The minimum atomic E-state index is -0.162. The number of carbonyl (C=O) groups is 1. The van der Waals surface area contributed by atoms with Crippen LogP contribution in [0.5, 0.6) is 0 Å². The van der Waals surface area contributed by atoms with Crippen molar-refractivity contribution in [3.63, 3.8) is 0 Å². The molecular formula is C22H24ClN3OS. The number of halogens is 1. The summed E-state index contributed by atoms with van der Waals surface area (Å²) in [5, 5.41) is 4.44. The summed E-state index contributed by atoms with van der Waals surface area (Å²) in [5.74, 6) is -0.162. The fourth-order valence-electron chi connectivity index (χ4n) is 3.66. The number of nitrogens with one attached hydrogen (secondary N) is 1. The highest BCUT2D eigenvalue weighted by molar-refractivity contribution is 7.21. The first-order valence-electron chi connectivity index (χ1n) is 9.44. The minimum Gasteiger partial charge on any atom is -0.370 e. The number of nitrogens with zero attached hydrogens (tertiary/aromatic N) is 2. The zero-order valence-corrected chi connectivity index (χ0v) is 17.9. The van der Waals surface area contributed by atoms with Crippen molar-refractivity contribution in [2.75, 3.05) is 37.4 Å². The van der Waals surface area contributed by atoms with Gasteiger partial charge in [0, 0.05) is 40.6 Å². The first-order valence-corrected chi connectivity index (χ1v) is 10.6. The van der Waals surface area contributed by atoms with Crippen LogP contribution in [0.15, 0.2) is 42.5 Å². The van der Waals surface area contributed by atoms with Crippen molar-refractivity contribution >= 4 is 50.3 Å². The standard InChI is InChI=1S/C22H24ClN3OS/c1-14-4-9-18-19(12-14)28-21(20(18)23)22(27)24-15-5-7-16(8-6-15)26-11-10-17(13-26)25(2)3/h4-9,12,17H,10-11,13H2,1-3H3,(H,24,27). The van der Waals surface area contributed by atoms with Crippen LogP contribution in [0.4, 0.5) is 11.4 Å². The van der Waals surface area contributed by atoms with Gasteiger partial charge in [-0.2, -0.15) is 0 Å². The van der Waals surface area contributed by atoms with Gasteiger partial charge in [0.15, 0.2) is 0 Å². The zero-order valence-electron chi connectivity index (χ0n) is 16.3. The SMILES string of the molecule is Cc1ccc2c(Cl)c(C(=O)Nc3ccc(N4CCC(N(C)C)C4)cc3)sc2c1. The molecule has 1 N–H and O–H groups in total. The van der Waals surface area contributed by atoms with Crippen LogP contribution < -0.4 is 10.2 Å². The Morgan fingerprint density at radius 1 is 1.21 bits per heavy atom. The van der Waals surface area contributed by atoms with Crippen molar-refractivity contribution in [3.8, 4) is 0 Å². The van der Waals surface area contributed by atoms with Crippen molar-refractivity contribution in [1.29, 1.82) is 0 Å². The van der Waals surface area contributed by atoms with E-state index in [4.69, 9.17) is 11.6 Å². The number of hydrogen-bond acceptors (Lipinski definition) is 4. The second-order valence-corrected chi connectivity index (χ2v) is 9.03. The summed E-state index contributed by atoms with van der Waals surface area (Å²) in [6, 6.07) is 14.7. The molecule has 6 heteroatoms. The Balaban J connectivity index is 1.47. The Bertz CT molecular complexity index is 1010. The third-order valence-electron chi connectivity index (χ3n) is 5.38. The maximum absolute atomic E-state index is 12.7. The van der Waals surface area contributed by atoms with Crippen LogP contribution in [0.1, 0.15) is 21.7 Å². The van der Waals surface area contributed by atoms with Gasteiger partial charge in [-0.3, -0.25) is 4.79 Å².